The Labute approximate surface area is 432 Å². The van der Waals surface area contributed by atoms with E-state index < -0.39 is 64.8 Å². The molecule has 24 heteroatoms. The van der Waals surface area contributed by atoms with Crippen molar-refractivity contribution < 1.29 is 52.6 Å². The van der Waals surface area contributed by atoms with Crippen LogP contribution in [0.3, 0.4) is 0 Å². The summed E-state index contributed by atoms with van der Waals surface area (Å²) in [6.07, 6.45) is 5.15. The Kier molecular flexibility index (Phi) is 19.4. The molecule has 0 saturated carbocycles. The van der Waals surface area contributed by atoms with Crippen LogP contribution in [0.15, 0.2) is 53.6 Å². The lowest BCUT2D eigenvalue weighted by molar-refractivity contribution is -0.138. The van der Waals surface area contributed by atoms with Crippen LogP contribution in [0.1, 0.15) is 120 Å². The molecule has 6 rings (SSSR count). The Morgan fingerprint density at radius 3 is 2.17 bits per heavy atom. The number of urea groups is 1. The van der Waals surface area contributed by atoms with Gasteiger partial charge in [-0.25, -0.2) is 23.5 Å². The number of amides is 8. The van der Waals surface area contributed by atoms with Crippen molar-refractivity contribution in [3.05, 3.63) is 81.7 Å². The molecule has 75 heavy (non-hydrogen) atoms. The number of aryl methyl sites for hydroxylation is 1. The van der Waals surface area contributed by atoms with Gasteiger partial charge in [0.25, 0.3) is 0 Å². The molecule has 404 valence electrons. The molecule has 4 heterocycles. The van der Waals surface area contributed by atoms with Gasteiger partial charge in [-0.2, -0.15) is 0 Å². The van der Waals surface area contributed by atoms with Gasteiger partial charge < -0.3 is 51.2 Å². The number of piperazine rings is 1. The maximum atomic E-state index is 15.4. The van der Waals surface area contributed by atoms with Crippen molar-refractivity contribution in [1.82, 2.24) is 45.3 Å². The minimum Gasteiger partial charge on any atom is -0.477 e. The van der Waals surface area contributed by atoms with Crippen molar-refractivity contribution >= 4 is 69.9 Å². The molecule has 0 unspecified atom stereocenters. The molecule has 4 aromatic rings. The van der Waals surface area contributed by atoms with Crippen LogP contribution in [0.4, 0.5) is 25.4 Å². The van der Waals surface area contributed by atoms with Crippen molar-refractivity contribution in [1.29, 1.82) is 0 Å². The van der Waals surface area contributed by atoms with Crippen LogP contribution in [0.5, 0.6) is 0 Å². The average Bonchev–Trinajstić information content (AvgIpc) is 3.98. The number of nitrogens with zero attached hydrogens (tertiary/aromatic N) is 7. The zero-order valence-electron chi connectivity index (χ0n) is 42.9. The van der Waals surface area contributed by atoms with E-state index in [9.17, 15) is 48.3 Å². The molecule has 2 aromatic carbocycles. The first-order chi connectivity index (χ1) is 35.8. The van der Waals surface area contributed by atoms with E-state index in [0.717, 1.165) is 6.07 Å². The number of likely N-dealkylation sites (tertiary alicyclic amines) is 1. The molecule has 7 N–H and O–H groups in total. The number of fused-ring (bicyclic) bond motifs is 1. The second kappa shape index (κ2) is 25.8. The van der Waals surface area contributed by atoms with Gasteiger partial charge >= 0.3 is 18.1 Å². The van der Waals surface area contributed by atoms with Gasteiger partial charge in [0.05, 0.1) is 23.4 Å². The molecule has 2 fully saturated rings. The van der Waals surface area contributed by atoms with Crippen LogP contribution in [-0.4, -0.2) is 127 Å². The number of hydrogen-bond acceptors (Lipinski definition) is 13. The van der Waals surface area contributed by atoms with E-state index in [2.05, 4.69) is 31.6 Å². The van der Waals surface area contributed by atoms with Crippen LogP contribution in [0.25, 0.3) is 10.9 Å². The summed E-state index contributed by atoms with van der Waals surface area (Å²) in [6.45, 7) is 10.9. The van der Waals surface area contributed by atoms with Crippen LogP contribution in [0, 0.1) is 17.7 Å². The third-order valence-electron chi connectivity index (χ3n) is 13.3. The lowest BCUT2D eigenvalue weighted by atomic mass is 9.98. The quantitative estimate of drug-likeness (QED) is 0.0424. The van der Waals surface area contributed by atoms with Gasteiger partial charge in [-0.05, 0) is 74.3 Å². The van der Waals surface area contributed by atoms with Crippen molar-refractivity contribution in [2.24, 2.45) is 17.6 Å². The number of carbonyl (C=O) groups excluding carboxylic acids is 7. The number of unbranched alkanes of at least 4 members (excludes halogenated alkanes) is 2. The van der Waals surface area contributed by atoms with E-state index in [4.69, 9.17) is 10.5 Å². The summed E-state index contributed by atoms with van der Waals surface area (Å²) < 4.78 is 24.0. The Bertz CT molecular complexity index is 2790. The summed E-state index contributed by atoms with van der Waals surface area (Å²) in [6, 6.07) is 6.08. The summed E-state index contributed by atoms with van der Waals surface area (Å²) in [5.41, 5.74) is 6.10. The molecule has 0 radical (unpaired) electrons. The van der Waals surface area contributed by atoms with Gasteiger partial charge in [0.1, 0.15) is 35.8 Å². The summed E-state index contributed by atoms with van der Waals surface area (Å²) >= 11 is 0. The molecule has 0 bridgehead atoms. The summed E-state index contributed by atoms with van der Waals surface area (Å²) in [4.78, 5) is 118. The number of hydrogen-bond donors (Lipinski definition) is 6. The predicted octanol–water partition coefficient (Wildman–Crippen LogP) is 4.20. The zero-order valence-corrected chi connectivity index (χ0v) is 42.9. The number of imide groups is 1. The lowest BCUT2D eigenvalue weighted by Gasteiger charge is -2.35. The van der Waals surface area contributed by atoms with Crippen molar-refractivity contribution in [2.45, 2.75) is 117 Å². The largest absolute Gasteiger partial charge is 0.477 e. The van der Waals surface area contributed by atoms with E-state index in [0.29, 0.717) is 61.2 Å². The first-order valence-electron chi connectivity index (χ1n) is 25.3. The van der Waals surface area contributed by atoms with Crippen molar-refractivity contribution in [3.8, 4) is 0 Å². The molecule has 2 saturated heterocycles. The van der Waals surface area contributed by atoms with Gasteiger partial charge in [0.2, 0.25) is 35.0 Å². The van der Waals surface area contributed by atoms with Gasteiger partial charge in [-0.3, -0.25) is 33.7 Å². The molecule has 2 aliphatic heterocycles. The molecule has 2 aromatic heterocycles. The third kappa shape index (κ3) is 14.7. The fourth-order valence-corrected chi connectivity index (χ4v) is 9.02. The molecule has 2 aliphatic rings. The molecular formula is C51H67FN12O11. The number of benzene rings is 2. The van der Waals surface area contributed by atoms with Gasteiger partial charge in [-0.1, -0.05) is 51.5 Å². The van der Waals surface area contributed by atoms with E-state index in [1.165, 1.54) is 26.7 Å². The topological polar surface area (TPSA) is 303 Å². The summed E-state index contributed by atoms with van der Waals surface area (Å²) in [5, 5.41) is 29.4. The molecular weight excluding hydrogens is 976 g/mol. The maximum Gasteiger partial charge on any atom is 0.410 e. The average molecular weight is 1040 g/mol. The van der Waals surface area contributed by atoms with Crippen LogP contribution in [0.2, 0.25) is 0 Å². The van der Waals surface area contributed by atoms with E-state index in [-0.39, 0.29) is 106 Å². The highest BCUT2D eigenvalue weighted by atomic mass is 19.1. The Balaban J connectivity index is 1.02. The smallest absolute Gasteiger partial charge is 0.410 e. The molecule has 23 nitrogen and oxygen atoms in total. The number of nitrogens with two attached hydrogens (primary N) is 1. The number of carboxylic acid groups (broad SMARTS) is 1. The molecule has 8 amide bonds. The highest BCUT2D eigenvalue weighted by Gasteiger charge is 2.32. The SMILES string of the molecule is CCn1cc(C(=O)O)c(=O)c2cc(F)c(N3CCN(C(=O)OCc4ccc(NC(=O)[C@H](CCCNC(N)=O)n5cc([C@@H](NC(=O)[C@@H](NC(=O)CCCCCN6C(=O)CCC6=O)C(C)C)C(C)C)nn5)cc4)CC3)cc21. The molecule has 3 atom stereocenters. The number of rotatable bonds is 24. The number of halogens is 1. The summed E-state index contributed by atoms with van der Waals surface area (Å²) in [5.74, 6) is -4.07. The monoisotopic (exact) mass is 1040 g/mol. The third-order valence-corrected chi connectivity index (χ3v) is 13.3. The number of carboxylic acids is 1. The second-order valence-corrected chi connectivity index (χ2v) is 19.3. The van der Waals surface area contributed by atoms with Gasteiger partial charge in [-0.15, -0.1) is 5.10 Å². The minimum absolute atomic E-state index is 0.0360. The first-order valence-corrected chi connectivity index (χ1v) is 25.3. The number of nitrogens with one attached hydrogen (secondary N) is 4. The summed E-state index contributed by atoms with van der Waals surface area (Å²) in [7, 11) is 0. The zero-order chi connectivity index (χ0) is 54.5. The number of primary amides is 1. The standard InChI is InChI=1S/C51H67FN12O11/c1-6-60-27-35(49(71)72)46(68)34-25-36(52)40(26-39(34)60)61-21-23-62(24-22-61)51(74)75-29-32-13-15-33(16-14-32)55-47(69)38(11-10-19-54-50(53)73)64-28-37(58-59-64)44(30(2)3)57-48(70)45(31(4)5)56-41(65)12-8-7-9-20-63-42(66)17-18-43(63)67/h13-16,25-28,30-31,38,44-45H,6-12,17-24,29H2,1-5H3,(H,55,69)(H,56,65)(H,57,70)(H,71,72)(H3,53,54,73)/t38-,44-,45-/m0/s1. The fourth-order valence-electron chi connectivity index (χ4n) is 9.02. The number of ether oxygens (including phenoxy) is 1. The van der Waals surface area contributed by atoms with Gasteiger partial charge in [0, 0.05) is 82.3 Å². The predicted molar refractivity (Wildman–Crippen MR) is 273 cm³/mol. The highest BCUT2D eigenvalue weighted by molar-refractivity contribution is 6.02. The van der Waals surface area contributed by atoms with E-state index >= 15 is 4.39 Å². The van der Waals surface area contributed by atoms with Crippen LogP contribution in [-0.2, 0) is 41.9 Å². The van der Waals surface area contributed by atoms with Crippen LogP contribution < -0.4 is 37.3 Å². The maximum absolute atomic E-state index is 15.4. The van der Waals surface area contributed by atoms with Crippen molar-refractivity contribution in [2.75, 3.05) is 49.5 Å². The van der Waals surface area contributed by atoms with E-state index in [1.54, 1.807) is 46.9 Å². The van der Waals surface area contributed by atoms with Crippen molar-refractivity contribution in [3.63, 3.8) is 0 Å². The normalized spacial score (nSPS) is 15.0. The van der Waals surface area contributed by atoms with E-state index in [1.807, 2.05) is 27.7 Å². The minimum atomic E-state index is -1.39. The second-order valence-electron chi connectivity index (χ2n) is 19.3. The Morgan fingerprint density at radius 1 is 0.853 bits per heavy atom. The number of anilines is 2. The van der Waals surface area contributed by atoms with Gasteiger partial charge in [0.15, 0.2) is 0 Å². The highest BCUT2D eigenvalue weighted by Crippen LogP contribution is 2.28. The Morgan fingerprint density at radius 2 is 1.55 bits per heavy atom. The van der Waals surface area contributed by atoms with Crippen LogP contribution >= 0.6 is 0 Å². The first kappa shape index (κ1) is 56.4. The number of pyridine rings is 1. The fraction of sp³-hybridized carbons (Fsp3) is 0.510. The lowest BCUT2D eigenvalue weighted by Crippen LogP contribution is -2.51. The Hall–Kier alpha value is -7.92. The molecule has 0 aliphatic carbocycles. The number of aromatic carboxylic acids is 1. The number of carbonyl (C=O) groups is 8. The number of aromatic nitrogens is 4. The molecule has 0 spiro atoms.